The molecule has 1 aliphatic heterocycles. The van der Waals surface area contributed by atoms with Crippen molar-refractivity contribution in [1.29, 1.82) is 0 Å². The Hall–Kier alpha value is -1.05. The van der Waals surface area contributed by atoms with E-state index in [9.17, 15) is 4.79 Å². The van der Waals surface area contributed by atoms with E-state index >= 15 is 0 Å². The summed E-state index contributed by atoms with van der Waals surface area (Å²) in [5, 5.41) is 10.9. The summed E-state index contributed by atoms with van der Waals surface area (Å²) >= 11 is 1.34. The molecule has 1 saturated carbocycles. The van der Waals surface area contributed by atoms with Gasteiger partial charge in [0.15, 0.2) is 0 Å². The highest BCUT2D eigenvalue weighted by Gasteiger charge is 2.29. The van der Waals surface area contributed by atoms with Crippen LogP contribution in [0.1, 0.15) is 32.1 Å². The van der Waals surface area contributed by atoms with Crippen LogP contribution in [0.2, 0.25) is 0 Å². The van der Waals surface area contributed by atoms with Gasteiger partial charge >= 0.3 is 0 Å². The average molecular weight is 310 g/mol. The number of morpholine rings is 1. The maximum atomic E-state index is 12.0. The minimum atomic E-state index is -0.0176. The lowest BCUT2D eigenvalue weighted by atomic mass is 9.84. The summed E-state index contributed by atoms with van der Waals surface area (Å²) in [7, 11) is 0. The predicted octanol–water partition coefficient (Wildman–Crippen LogP) is 1.76. The van der Waals surface area contributed by atoms with E-state index in [-0.39, 0.29) is 5.91 Å². The van der Waals surface area contributed by atoms with Crippen molar-refractivity contribution in [3.63, 3.8) is 0 Å². The Morgan fingerprint density at radius 1 is 1.43 bits per heavy atom. The van der Waals surface area contributed by atoms with Crippen LogP contribution >= 0.6 is 11.3 Å². The lowest BCUT2D eigenvalue weighted by molar-refractivity contribution is -0.120. The number of hydrogen-bond donors (Lipinski definition) is 1. The zero-order chi connectivity index (χ0) is 14.5. The standard InChI is InChI=1S/C14H22N4O2S/c19-13(16-14-17-15-10-21-14)9-18-6-7-20-12(8-18)11-4-2-1-3-5-11/h10-12H,1-9H2,(H,16,17,19)/t12-/m0/s1. The van der Waals surface area contributed by atoms with E-state index in [1.807, 2.05) is 0 Å². The monoisotopic (exact) mass is 310 g/mol. The highest BCUT2D eigenvalue weighted by molar-refractivity contribution is 7.13. The molecule has 2 heterocycles. The van der Waals surface area contributed by atoms with Gasteiger partial charge in [0.2, 0.25) is 11.0 Å². The highest BCUT2D eigenvalue weighted by atomic mass is 32.1. The Morgan fingerprint density at radius 2 is 2.29 bits per heavy atom. The van der Waals surface area contributed by atoms with Gasteiger partial charge in [-0.3, -0.25) is 15.0 Å². The third-order valence-electron chi connectivity index (χ3n) is 4.33. The molecule has 3 rings (SSSR count). The Balaban J connectivity index is 1.47. The Morgan fingerprint density at radius 3 is 3.05 bits per heavy atom. The molecule has 1 amide bonds. The van der Waals surface area contributed by atoms with Crippen LogP contribution in [0, 0.1) is 5.92 Å². The third-order valence-corrected chi connectivity index (χ3v) is 4.93. The van der Waals surface area contributed by atoms with Gasteiger partial charge in [-0.05, 0) is 18.8 Å². The number of ether oxygens (including phenoxy) is 1. The van der Waals surface area contributed by atoms with Crippen LogP contribution in [-0.4, -0.2) is 53.3 Å². The number of carbonyl (C=O) groups is 1. The van der Waals surface area contributed by atoms with Crippen molar-refractivity contribution in [2.75, 3.05) is 31.6 Å². The molecule has 0 radical (unpaired) electrons. The fourth-order valence-electron chi connectivity index (χ4n) is 3.26. The molecule has 116 valence electrons. The Bertz CT molecular complexity index is 448. The molecule has 1 saturated heterocycles. The fourth-order valence-corrected chi connectivity index (χ4v) is 3.72. The molecule has 0 bridgehead atoms. The Kier molecular flexibility index (Phi) is 5.16. The van der Waals surface area contributed by atoms with E-state index in [0.29, 0.717) is 23.7 Å². The summed E-state index contributed by atoms with van der Waals surface area (Å²) in [5.74, 6) is 0.656. The molecule has 0 aromatic carbocycles. The zero-order valence-corrected chi connectivity index (χ0v) is 13.0. The molecular weight excluding hydrogens is 288 g/mol. The SMILES string of the molecule is O=C(CN1CCO[C@H](C2CCCCC2)C1)Nc1nncs1. The van der Waals surface area contributed by atoms with Crippen LogP contribution in [0.3, 0.4) is 0 Å². The topological polar surface area (TPSA) is 67.3 Å². The van der Waals surface area contributed by atoms with Crippen molar-refractivity contribution in [3.8, 4) is 0 Å². The van der Waals surface area contributed by atoms with Crippen LogP contribution in [0.5, 0.6) is 0 Å². The summed E-state index contributed by atoms with van der Waals surface area (Å²) < 4.78 is 5.94. The summed E-state index contributed by atoms with van der Waals surface area (Å²) in [6.07, 6.45) is 6.85. The molecule has 1 aromatic rings. The van der Waals surface area contributed by atoms with Crippen molar-refractivity contribution in [1.82, 2.24) is 15.1 Å². The molecule has 0 spiro atoms. The average Bonchev–Trinajstić information content (AvgIpc) is 3.01. The van der Waals surface area contributed by atoms with Crippen LogP contribution < -0.4 is 5.32 Å². The summed E-state index contributed by atoms with van der Waals surface area (Å²) in [4.78, 5) is 14.2. The second-order valence-electron chi connectivity index (χ2n) is 5.83. The van der Waals surface area contributed by atoms with Gasteiger partial charge in [-0.1, -0.05) is 30.6 Å². The van der Waals surface area contributed by atoms with Crippen molar-refractivity contribution in [2.45, 2.75) is 38.2 Å². The van der Waals surface area contributed by atoms with Crippen LogP contribution in [0.4, 0.5) is 5.13 Å². The normalized spacial score (nSPS) is 24.9. The number of aromatic nitrogens is 2. The minimum Gasteiger partial charge on any atom is -0.375 e. The molecule has 1 N–H and O–H groups in total. The number of amides is 1. The first kappa shape index (κ1) is 14.9. The van der Waals surface area contributed by atoms with Gasteiger partial charge in [-0.25, -0.2) is 0 Å². The van der Waals surface area contributed by atoms with Gasteiger partial charge in [0.1, 0.15) is 5.51 Å². The van der Waals surface area contributed by atoms with Gasteiger partial charge in [0.05, 0.1) is 19.3 Å². The van der Waals surface area contributed by atoms with Crippen molar-refractivity contribution >= 4 is 22.4 Å². The molecule has 0 unspecified atom stereocenters. The number of nitrogens with one attached hydrogen (secondary N) is 1. The summed E-state index contributed by atoms with van der Waals surface area (Å²) in [5.41, 5.74) is 1.61. The van der Waals surface area contributed by atoms with E-state index in [1.165, 1.54) is 43.4 Å². The molecule has 1 aliphatic carbocycles. The van der Waals surface area contributed by atoms with E-state index in [4.69, 9.17) is 4.74 Å². The third kappa shape index (κ3) is 4.21. The number of hydrogen-bond acceptors (Lipinski definition) is 6. The maximum Gasteiger partial charge on any atom is 0.240 e. The molecule has 1 aromatic heterocycles. The van der Waals surface area contributed by atoms with Crippen LogP contribution in [0.15, 0.2) is 5.51 Å². The zero-order valence-electron chi connectivity index (χ0n) is 12.2. The number of nitrogens with zero attached hydrogens (tertiary/aromatic N) is 3. The van der Waals surface area contributed by atoms with Gasteiger partial charge in [-0.15, -0.1) is 10.2 Å². The van der Waals surface area contributed by atoms with E-state index in [2.05, 4.69) is 20.4 Å². The van der Waals surface area contributed by atoms with Gasteiger partial charge < -0.3 is 4.74 Å². The van der Waals surface area contributed by atoms with E-state index in [0.717, 1.165) is 19.7 Å². The fraction of sp³-hybridized carbons (Fsp3) is 0.786. The molecule has 21 heavy (non-hydrogen) atoms. The van der Waals surface area contributed by atoms with Crippen LogP contribution in [-0.2, 0) is 9.53 Å². The second-order valence-corrected chi connectivity index (χ2v) is 6.67. The molecule has 6 nitrogen and oxygen atoms in total. The predicted molar refractivity (Wildman–Crippen MR) is 81.3 cm³/mol. The van der Waals surface area contributed by atoms with E-state index in [1.54, 1.807) is 5.51 Å². The van der Waals surface area contributed by atoms with Crippen molar-refractivity contribution in [3.05, 3.63) is 5.51 Å². The van der Waals surface area contributed by atoms with Crippen molar-refractivity contribution < 1.29 is 9.53 Å². The molecule has 1 atom stereocenters. The Labute approximate surface area is 128 Å². The number of rotatable bonds is 4. The largest absolute Gasteiger partial charge is 0.375 e. The smallest absolute Gasteiger partial charge is 0.240 e. The lowest BCUT2D eigenvalue weighted by Crippen LogP contribution is -2.48. The second kappa shape index (κ2) is 7.29. The summed E-state index contributed by atoms with van der Waals surface area (Å²) in [6.45, 7) is 2.83. The highest BCUT2D eigenvalue weighted by Crippen LogP contribution is 2.29. The molecular formula is C14H22N4O2S. The van der Waals surface area contributed by atoms with Gasteiger partial charge in [0, 0.05) is 13.1 Å². The first-order valence-electron chi connectivity index (χ1n) is 7.71. The van der Waals surface area contributed by atoms with Crippen LogP contribution in [0.25, 0.3) is 0 Å². The first-order chi connectivity index (χ1) is 10.3. The van der Waals surface area contributed by atoms with Crippen molar-refractivity contribution in [2.24, 2.45) is 5.92 Å². The quantitative estimate of drug-likeness (QED) is 0.918. The molecule has 7 heteroatoms. The lowest BCUT2D eigenvalue weighted by Gasteiger charge is -2.38. The molecule has 2 fully saturated rings. The minimum absolute atomic E-state index is 0.0176. The van der Waals surface area contributed by atoms with Gasteiger partial charge in [0.25, 0.3) is 0 Å². The van der Waals surface area contributed by atoms with E-state index < -0.39 is 0 Å². The molecule has 2 aliphatic rings. The maximum absolute atomic E-state index is 12.0. The number of carbonyl (C=O) groups excluding carboxylic acids is 1. The number of anilines is 1. The first-order valence-corrected chi connectivity index (χ1v) is 8.59. The van der Waals surface area contributed by atoms with Gasteiger partial charge in [-0.2, -0.15) is 0 Å². The summed E-state index contributed by atoms with van der Waals surface area (Å²) in [6, 6.07) is 0.